The maximum absolute atomic E-state index is 13.1. The monoisotopic (exact) mass is 564 g/mol. The van der Waals surface area contributed by atoms with Crippen molar-refractivity contribution in [3.8, 4) is 5.75 Å². The van der Waals surface area contributed by atoms with Crippen LogP contribution < -0.4 is 26.6 Å². The van der Waals surface area contributed by atoms with Crippen molar-refractivity contribution in [2.24, 2.45) is 23.0 Å². The van der Waals surface area contributed by atoms with Crippen LogP contribution in [-0.2, 0) is 11.2 Å². The Kier molecular flexibility index (Phi) is 9.67. The van der Waals surface area contributed by atoms with E-state index >= 15 is 0 Å². The van der Waals surface area contributed by atoms with Gasteiger partial charge in [-0.1, -0.05) is 32.9 Å². The predicted octanol–water partition coefficient (Wildman–Crippen LogP) is 5.45. The fourth-order valence-corrected chi connectivity index (χ4v) is 5.26. The summed E-state index contributed by atoms with van der Waals surface area (Å²) in [6.45, 7) is 6.60. The normalized spacial score (nSPS) is 18.4. The van der Waals surface area contributed by atoms with Gasteiger partial charge in [0.1, 0.15) is 5.75 Å². The summed E-state index contributed by atoms with van der Waals surface area (Å²) in [5, 5.41) is 14.7. The fourth-order valence-electron chi connectivity index (χ4n) is 5.26. The molecule has 6 N–H and O–H groups in total. The Bertz CT molecular complexity index is 1200. The lowest BCUT2D eigenvalue weighted by molar-refractivity contribution is -0.274. The first-order valence-electron chi connectivity index (χ1n) is 12.9. The number of urea groups is 1. The third-order valence-electron chi connectivity index (χ3n) is 7.30. The summed E-state index contributed by atoms with van der Waals surface area (Å²) in [5.41, 5.74) is 8.36. The van der Waals surface area contributed by atoms with Crippen molar-refractivity contribution in [1.29, 1.82) is 0 Å². The molecule has 218 valence electrons. The second-order valence-electron chi connectivity index (χ2n) is 11.1. The molecule has 40 heavy (non-hydrogen) atoms. The van der Waals surface area contributed by atoms with Gasteiger partial charge in [-0.2, -0.15) is 0 Å². The second kappa shape index (κ2) is 12.6. The topological polar surface area (TPSA) is 143 Å². The number of rotatable bonds is 8. The SMILES string of the molecule is CC(C)(C)C1CCC(C(NC(=O)Nc2ccc(OC(F)(F)F)cc2)c2ccc(C(=O)NO)c(CC(N)=O)c2)CC1. The molecular formula is C28H35F3N4O5. The minimum Gasteiger partial charge on any atom is -0.406 e. The number of amides is 4. The van der Waals surface area contributed by atoms with Crippen LogP contribution in [-0.4, -0.2) is 29.4 Å². The first-order valence-corrected chi connectivity index (χ1v) is 12.9. The molecule has 9 nitrogen and oxygen atoms in total. The van der Waals surface area contributed by atoms with Gasteiger partial charge in [-0.15, -0.1) is 13.2 Å². The number of benzene rings is 2. The molecule has 4 amide bonds. The molecule has 0 saturated heterocycles. The lowest BCUT2D eigenvalue weighted by Crippen LogP contribution is -2.39. The van der Waals surface area contributed by atoms with Crippen LogP contribution in [0.1, 0.15) is 74.0 Å². The van der Waals surface area contributed by atoms with Gasteiger partial charge < -0.3 is 21.1 Å². The number of hydrogen-bond acceptors (Lipinski definition) is 5. The van der Waals surface area contributed by atoms with Gasteiger partial charge in [0.25, 0.3) is 5.91 Å². The molecule has 1 saturated carbocycles. The molecule has 0 aliphatic heterocycles. The first-order chi connectivity index (χ1) is 18.7. The van der Waals surface area contributed by atoms with E-state index in [1.165, 1.54) is 18.2 Å². The van der Waals surface area contributed by atoms with Crippen LogP contribution in [0.2, 0.25) is 0 Å². The lowest BCUT2D eigenvalue weighted by Gasteiger charge is -2.40. The number of primary amides is 1. The summed E-state index contributed by atoms with van der Waals surface area (Å²) in [6.07, 6.45) is -1.53. The van der Waals surface area contributed by atoms with Gasteiger partial charge >= 0.3 is 12.4 Å². The Morgan fingerprint density at radius 1 is 1.02 bits per heavy atom. The van der Waals surface area contributed by atoms with Gasteiger partial charge in [-0.25, -0.2) is 10.3 Å². The van der Waals surface area contributed by atoms with E-state index in [2.05, 4.69) is 36.1 Å². The number of carbonyl (C=O) groups is 3. The summed E-state index contributed by atoms with van der Waals surface area (Å²) in [6, 6.07) is 8.41. The van der Waals surface area contributed by atoms with E-state index < -0.39 is 36.0 Å². The Hall–Kier alpha value is -3.80. The van der Waals surface area contributed by atoms with Gasteiger partial charge in [-0.3, -0.25) is 14.8 Å². The molecule has 1 unspecified atom stereocenters. The first kappa shape index (κ1) is 30.7. The molecule has 2 aromatic rings. The molecule has 1 atom stereocenters. The van der Waals surface area contributed by atoms with Gasteiger partial charge in [-0.05, 0) is 84.4 Å². The third-order valence-corrected chi connectivity index (χ3v) is 7.30. The highest BCUT2D eigenvalue weighted by atomic mass is 19.4. The van der Waals surface area contributed by atoms with Crippen LogP contribution in [0.3, 0.4) is 0 Å². The zero-order chi connectivity index (χ0) is 29.7. The lowest BCUT2D eigenvalue weighted by atomic mass is 9.68. The van der Waals surface area contributed by atoms with Gasteiger partial charge in [0.15, 0.2) is 0 Å². The van der Waals surface area contributed by atoms with Crippen LogP contribution >= 0.6 is 0 Å². The van der Waals surface area contributed by atoms with Crippen molar-refractivity contribution in [3.05, 3.63) is 59.2 Å². The number of carbonyl (C=O) groups excluding carboxylic acids is 3. The van der Waals surface area contributed by atoms with Crippen molar-refractivity contribution in [1.82, 2.24) is 10.8 Å². The van der Waals surface area contributed by atoms with E-state index in [9.17, 15) is 27.6 Å². The number of hydroxylamine groups is 1. The molecule has 1 aliphatic rings. The highest BCUT2D eigenvalue weighted by molar-refractivity contribution is 5.96. The molecule has 0 heterocycles. The molecule has 12 heteroatoms. The van der Waals surface area contributed by atoms with Crippen molar-refractivity contribution in [3.63, 3.8) is 0 Å². The Morgan fingerprint density at radius 3 is 2.17 bits per heavy atom. The maximum atomic E-state index is 13.1. The standard InChI is InChI=1S/C28H35F3N4O5/c1-27(2,3)19-7-4-16(5-8-19)24(17-6-13-22(25(37)35-39)18(14-17)15-23(32)36)34-26(38)33-20-9-11-21(12-10-20)40-28(29,30)31/h6,9-14,16,19,24,39H,4-5,7-8,15H2,1-3H3,(H2,32,36)(H,35,37)(H2,33,34,38). The van der Waals surface area contributed by atoms with Crippen LogP contribution in [0.15, 0.2) is 42.5 Å². The van der Waals surface area contributed by atoms with Crippen molar-refractivity contribution >= 4 is 23.5 Å². The molecule has 0 bridgehead atoms. The zero-order valence-corrected chi connectivity index (χ0v) is 22.6. The van der Waals surface area contributed by atoms with Crippen molar-refractivity contribution < 1.29 is 37.5 Å². The van der Waals surface area contributed by atoms with Gasteiger partial charge in [0, 0.05) is 11.3 Å². The number of ether oxygens (including phenoxy) is 1. The number of anilines is 1. The number of halogens is 3. The van der Waals surface area contributed by atoms with Crippen molar-refractivity contribution in [2.75, 3.05) is 5.32 Å². The number of nitrogens with one attached hydrogen (secondary N) is 3. The Morgan fingerprint density at radius 2 is 1.65 bits per heavy atom. The van der Waals surface area contributed by atoms with E-state index in [0.29, 0.717) is 17.0 Å². The van der Waals surface area contributed by atoms with E-state index in [1.54, 1.807) is 17.6 Å². The third kappa shape index (κ3) is 8.60. The van der Waals surface area contributed by atoms with E-state index in [4.69, 9.17) is 10.9 Å². The van der Waals surface area contributed by atoms with E-state index in [0.717, 1.165) is 37.8 Å². The summed E-state index contributed by atoms with van der Waals surface area (Å²) >= 11 is 0. The summed E-state index contributed by atoms with van der Waals surface area (Å²) < 4.78 is 41.2. The fraction of sp³-hybridized carbons (Fsp3) is 0.464. The molecule has 0 radical (unpaired) electrons. The highest BCUT2D eigenvalue weighted by Crippen LogP contribution is 2.43. The number of nitrogens with two attached hydrogens (primary N) is 1. The van der Waals surface area contributed by atoms with Crippen LogP contribution in [0, 0.1) is 17.3 Å². The van der Waals surface area contributed by atoms with Crippen LogP contribution in [0.5, 0.6) is 5.75 Å². The Labute approximate surface area is 230 Å². The largest absolute Gasteiger partial charge is 0.573 e. The second-order valence-corrected chi connectivity index (χ2v) is 11.1. The Balaban J connectivity index is 1.86. The number of hydrogen-bond donors (Lipinski definition) is 5. The molecule has 1 fully saturated rings. The van der Waals surface area contributed by atoms with Gasteiger partial charge in [0.2, 0.25) is 5.91 Å². The minimum absolute atomic E-state index is 0.0332. The van der Waals surface area contributed by atoms with E-state index in [1.807, 2.05) is 0 Å². The minimum atomic E-state index is -4.83. The summed E-state index contributed by atoms with van der Waals surface area (Å²) in [7, 11) is 0. The zero-order valence-electron chi connectivity index (χ0n) is 22.6. The quantitative estimate of drug-likeness (QED) is 0.214. The summed E-state index contributed by atoms with van der Waals surface area (Å²) in [4.78, 5) is 36.9. The molecular weight excluding hydrogens is 529 g/mol. The average Bonchev–Trinajstić information content (AvgIpc) is 2.86. The molecule has 3 rings (SSSR count). The maximum Gasteiger partial charge on any atom is 0.573 e. The molecule has 0 aromatic heterocycles. The predicted molar refractivity (Wildman–Crippen MR) is 142 cm³/mol. The van der Waals surface area contributed by atoms with Crippen molar-refractivity contribution in [2.45, 2.75) is 65.3 Å². The molecule has 0 spiro atoms. The van der Waals surface area contributed by atoms with Gasteiger partial charge in [0.05, 0.1) is 12.5 Å². The van der Waals surface area contributed by atoms with Crippen LogP contribution in [0.4, 0.5) is 23.7 Å². The molecule has 2 aromatic carbocycles. The van der Waals surface area contributed by atoms with E-state index in [-0.39, 0.29) is 29.0 Å². The molecule has 1 aliphatic carbocycles. The average molecular weight is 565 g/mol. The summed E-state index contributed by atoms with van der Waals surface area (Å²) in [5.74, 6) is -1.34. The number of alkyl halides is 3. The smallest absolute Gasteiger partial charge is 0.406 e. The van der Waals surface area contributed by atoms with Crippen LogP contribution in [0.25, 0.3) is 0 Å². The highest BCUT2D eigenvalue weighted by Gasteiger charge is 2.35.